The van der Waals surface area contributed by atoms with Crippen LogP contribution in [0.2, 0.25) is 18.1 Å². The number of benzene rings is 1. The van der Waals surface area contributed by atoms with Crippen LogP contribution in [-0.2, 0) is 15.6 Å². The van der Waals surface area contributed by atoms with Gasteiger partial charge in [0.15, 0.2) is 31.2 Å². The van der Waals surface area contributed by atoms with Gasteiger partial charge in [0.25, 0.3) is 5.88 Å². The molecule has 3 aliphatic carbocycles. The van der Waals surface area contributed by atoms with Crippen molar-refractivity contribution in [2.24, 2.45) is 11.8 Å². The average molecular weight is 823 g/mol. The Morgan fingerprint density at radius 1 is 1.09 bits per heavy atom. The molecule has 1 amide bonds. The topological polar surface area (TPSA) is 153 Å². The summed E-state index contributed by atoms with van der Waals surface area (Å²) >= 11 is 0. The second-order valence-electron chi connectivity index (χ2n) is 18.4. The minimum atomic E-state index is -2.89. The highest BCUT2D eigenvalue weighted by Gasteiger charge is 2.67. The molecule has 0 spiro atoms. The molecule has 0 saturated carbocycles. The van der Waals surface area contributed by atoms with Crippen molar-refractivity contribution in [1.29, 1.82) is 0 Å². The van der Waals surface area contributed by atoms with Crippen LogP contribution in [-0.4, -0.2) is 106 Å². The fraction of sp³-hybridized carbons (Fsp3) is 0.682. The summed E-state index contributed by atoms with van der Waals surface area (Å²) in [6, 6.07) is 0.864. The number of Topliss-reactive ketones (excluding diaryl/α,β-unsaturated/α-hetero) is 2. The molecule has 1 aromatic heterocycles. The molecule has 6 rings (SSSR count). The van der Waals surface area contributed by atoms with Crippen LogP contribution in [0.25, 0.3) is 0 Å². The molecule has 1 saturated heterocycles. The number of carbonyl (C=O) groups excluding carboxylic acids is 3. The van der Waals surface area contributed by atoms with Gasteiger partial charge < -0.3 is 33.6 Å². The van der Waals surface area contributed by atoms with E-state index in [0.717, 1.165) is 57.9 Å². The maximum Gasteiger partial charge on any atom is 0.265 e. The number of rotatable bonds is 14. The zero-order chi connectivity index (χ0) is 42.3. The summed E-state index contributed by atoms with van der Waals surface area (Å²) in [6.45, 7) is 15.9. The summed E-state index contributed by atoms with van der Waals surface area (Å²) < 4.78 is 31.8. The Hall–Kier alpha value is -3.72. The molecule has 1 aromatic carbocycles. The molecule has 1 unspecified atom stereocenters. The first-order valence-electron chi connectivity index (χ1n) is 21.3. The number of nitrogens with zero attached hydrogens (tertiary/aromatic N) is 3. The predicted octanol–water partition coefficient (Wildman–Crippen LogP) is 8.30. The molecular formula is C44H66N4O9Si. The number of nitrogens with one attached hydrogen (secondary N) is 1. The van der Waals surface area contributed by atoms with Gasteiger partial charge in [0.1, 0.15) is 17.1 Å². The highest BCUT2D eigenvalue weighted by atomic mass is 28.4. The van der Waals surface area contributed by atoms with E-state index in [9.17, 15) is 9.90 Å². The van der Waals surface area contributed by atoms with E-state index in [4.69, 9.17) is 23.2 Å². The second kappa shape index (κ2) is 17.1. The number of amides is 1. The van der Waals surface area contributed by atoms with Crippen LogP contribution in [0.1, 0.15) is 130 Å². The number of ether oxygens (including phenoxy) is 3. The van der Waals surface area contributed by atoms with Crippen LogP contribution < -0.4 is 19.5 Å². The van der Waals surface area contributed by atoms with Crippen molar-refractivity contribution >= 4 is 31.5 Å². The van der Waals surface area contributed by atoms with E-state index in [0.29, 0.717) is 48.8 Å². The van der Waals surface area contributed by atoms with E-state index in [-0.39, 0.29) is 51.1 Å². The Kier molecular flexibility index (Phi) is 12.9. The van der Waals surface area contributed by atoms with Crippen LogP contribution in [0.4, 0.5) is 5.69 Å². The fourth-order valence-corrected chi connectivity index (χ4v) is 10.6. The van der Waals surface area contributed by atoms with Crippen molar-refractivity contribution in [3.05, 3.63) is 39.8 Å². The first kappa shape index (κ1) is 43.8. The smallest absolute Gasteiger partial charge is 0.265 e. The van der Waals surface area contributed by atoms with Crippen molar-refractivity contribution in [2.45, 2.75) is 135 Å². The first-order chi connectivity index (χ1) is 27.4. The number of aromatic nitrogens is 1. The lowest BCUT2D eigenvalue weighted by Gasteiger charge is -2.55. The highest BCUT2D eigenvalue weighted by Crippen LogP contribution is 2.60. The number of allylic oxidation sites excluding steroid dienone is 1. The van der Waals surface area contributed by atoms with Crippen molar-refractivity contribution in [3.63, 3.8) is 0 Å². The van der Waals surface area contributed by atoms with Crippen LogP contribution in [0.15, 0.2) is 21.9 Å². The van der Waals surface area contributed by atoms with E-state index < -0.39 is 43.4 Å². The molecule has 0 bridgehead atoms. The van der Waals surface area contributed by atoms with E-state index >= 15 is 9.59 Å². The van der Waals surface area contributed by atoms with E-state index in [1.54, 1.807) is 13.2 Å². The number of fused-ring (bicyclic) bond motifs is 4. The normalized spacial score (nSPS) is 25.1. The molecule has 4 aliphatic rings. The quantitative estimate of drug-likeness (QED) is 0.139. The van der Waals surface area contributed by atoms with Gasteiger partial charge in [-0.3, -0.25) is 24.2 Å². The lowest BCUT2D eigenvalue weighted by atomic mass is 9.58. The van der Waals surface area contributed by atoms with Crippen molar-refractivity contribution < 1.29 is 42.6 Å². The minimum Gasteiger partial charge on any atom is -0.508 e. The summed E-state index contributed by atoms with van der Waals surface area (Å²) in [7, 11) is 4.44. The zero-order valence-corrected chi connectivity index (χ0v) is 37.6. The molecule has 13 nitrogen and oxygen atoms in total. The molecule has 2 N–H and O–H groups in total. The number of carbonyl (C=O) groups is 3. The Bertz CT molecular complexity index is 1920. The average Bonchev–Trinajstić information content (AvgIpc) is 3.44. The predicted molar refractivity (Wildman–Crippen MR) is 225 cm³/mol. The van der Waals surface area contributed by atoms with Crippen molar-refractivity contribution in [1.82, 2.24) is 15.0 Å². The van der Waals surface area contributed by atoms with Gasteiger partial charge in [-0.15, -0.1) is 0 Å². The number of aliphatic hydroxyl groups is 1. The maximum atomic E-state index is 15.5. The van der Waals surface area contributed by atoms with Gasteiger partial charge in [0.05, 0.1) is 43.7 Å². The van der Waals surface area contributed by atoms with Crippen LogP contribution in [0, 0.1) is 11.8 Å². The monoisotopic (exact) mass is 822 g/mol. The van der Waals surface area contributed by atoms with Gasteiger partial charge in [-0.1, -0.05) is 60.3 Å². The Balaban J connectivity index is 1.57. The number of likely N-dealkylation sites (tertiary alicyclic amines) is 1. The molecule has 1 aliphatic heterocycles. The number of unbranched alkanes of at least 4 members (excludes halogenated alkanes) is 2. The number of hydrogen-bond donors (Lipinski definition) is 2. The second-order valence-corrected chi connectivity index (χ2v) is 23.2. The van der Waals surface area contributed by atoms with E-state index in [1.165, 1.54) is 0 Å². The van der Waals surface area contributed by atoms with Gasteiger partial charge in [-0.25, -0.2) is 0 Å². The molecule has 2 aromatic rings. The summed E-state index contributed by atoms with van der Waals surface area (Å²) in [5.41, 5.74) is -0.485. The lowest BCUT2D eigenvalue weighted by molar-refractivity contribution is -0.120. The molecule has 2 heterocycles. The van der Waals surface area contributed by atoms with Gasteiger partial charge in [-0.05, 0) is 95.4 Å². The molecule has 58 heavy (non-hydrogen) atoms. The molecule has 14 heteroatoms. The van der Waals surface area contributed by atoms with Crippen molar-refractivity contribution in [3.8, 4) is 17.4 Å². The highest BCUT2D eigenvalue weighted by molar-refractivity contribution is 6.74. The molecule has 0 radical (unpaired) electrons. The van der Waals surface area contributed by atoms with Crippen molar-refractivity contribution in [2.75, 3.05) is 53.3 Å². The molecule has 5 atom stereocenters. The Morgan fingerprint density at radius 2 is 1.78 bits per heavy atom. The third-order valence-corrected chi connectivity index (χ3v) is 17.8. The number of anilines is 1. The van der Waals surface area contributed by atoms with E-state index in [2.05, 4.69) is 43.1 Å². The van der Waals surface area contributed by atoms with Crippen LogP contribution >= 0.6 is 0 Å². The zero-order valence-electron chi connectivity index (χ0n) is 36.6. The SMILES string of the molecule is CCCCOc1noc2c1C(=O)[C@@]1(O[Si](C)(C)C(C)(C)C)C(O)=C3C(=O)c4c(c(OC)cc(NC(=O)C5CCCCCN5C)c4OCCCC)C[C@H]3C[C@H]1[C@@H]2N(C)C. The number of hydrogen-bond acceptors (Lipinski definition) is 12. The first-order valence-corrected chi connectivity index (χ1v) is 24.3. The molecular weight excluding hydrogens is 757 g/mol. The summed E-state index contributed by atoms with van der Waals surface area (Å²) in [6.07, 6.45) is 7.60. The summed E-state index contributed by atoms with van der Waals surface area (Å²) in [5.74, 6) is -1.60. The third kappa shape index (κ3) is 7.62. The third-order valence-electron chi connectivity index (χ3n) is 13.3. The number of methoxy groups -OCH3 is 1. The Labute approximate surface area is 345 Å². The van der Waals surface area contributed by atoms with Crippen LogP contribution in [0.3, 0.4) is 0 Å². The number of ketones is 2. The number of likely N-dealkylation sites (N-methyl/N-ethyl adjacent to an activating group) is 1. The lowest BCUT2D eigenvalue weighted by Crippen LogP contribution is -2.65. The van der Waals surface area contributed by atoms with Gasteiger partial charge in [0.2, 0.25) is 11.7 Å². The van der Waals surface area contributed by atoms with Gasteiger partial charge in [0, 0.05) is 23.1 Å². The number of aliphatic hydroxyl groups excluding tert-OH is 1. The summed E-state index contributed by atoms with van der Waals surface area (Å²) in [5, 5.41) is 20.1. The van der Waals surface area contributed by atoms with Gasteiger partial charge >= 0.3 is 0 Å². The van der Waals surface area contributed by atoms with Crippen LogP contribution in [0.5, 0.6) is 17.4 Å². The van der Waals surface area contributed by atoms with E-state index in [1.807, 2.05) is 46.1 Å². The fourth-order valence-electron chi connectivity index (χ4n) is 9.11. The Morgan fingerprint density at radius 3 is 2.41 bits per heavy atom. The van der Waals surface area contributed by atoms with Gasteiger partial charge in [-0.2, -0.15) is 0 Å². The molecule has 320 valence electrons. The molecule has 1 fully saturated rings. The summed E-state index contributed by atoms with van der Waals surface area (Å²) in [4.78, 5) is 49.0. The minimum absolute atomic E-state index is 0.0632. The standard InChI is InChI=1S/C44H66N4O9Si/c1-12-14-21-54-37-29(45-41(52)30-19-17-16-18-20-48(30)8)25-31(53-9)27-23-26-24-28-35(47(6)7)38-34(42(46-56-38)55-22-15-13-2)40(51)44(28,57-58(10,11)43(3,4)5)39(50)32(26)36(49)33(27)37/h25-26,28,30,35,50H,12-24H2,1-11H3,(H,45,52)/t26-,28-,30?,35-,44-/m0/s1. The largest absolute Gasteiger partial charge is 0.508 e. The maximum absolute atomic E-state index is 15.5.